The molecule has 4 heterocycles. The monoisotopic (exact) mass is 459 g/mol. The predicted octanol–water partition coefficient (Wildman–Crippen LogP) is 5.25. The lowest BCUT2D eigenvalue weighted by atomic mass is 9.58. The average molecular weight is 460 g/mol. The third-order valence-corrected chi connectivity index (χ3v) is 8.83. The number of rotatable bonds is 7. The van der Waals surface area contributed by atoms with Gasteiger partial charge in [0.05, 0.1) is 6.61 Å². The highest BCUT2D eigenvalue weighted by Gasteiger charge is 2.69. The van der Waals surface area contributed by atoms with Gasteiger partial charge in [0.2, 0.25) is 5.79 Å². The number of fused-ring (bicyclic) bond motifs is 2. The topological polar surface area (TPSA) is 49.4 Å². The summed E-state index contributed by atoms with van der Waals surface area (Å²) in [5, 5.41) is 0. The van der Waals surface area contributed by atoms with Crippen LogP contribution >= 0.6 is 0 Å². The molecule has 1 aromatic rings. The summed E-state index contributed by atoms with van der Waals surface area (Å²) in [7, 11) is 0. The van der Waals surface area contributed by atoms with Crippen LogP contribution in [0, 0.1) is 23.7 Å². The Labute approximate surface area is 198 Å². The van der Waals surface area contributed by atoms with E-state index in [0.29, 0.717) is 24.4 Å². The van der Waals surface area contributed by atoms with E-state index < -0.39 is 17.7 Å². The highest BCUT2D eigenvalue weighted by atomic mass is 17.3. The second kappa shape index (κ2) is 9.21. The van der Waals surface area contributed by atoms with Crippen LogP contribution in [0.25, 0.3) is 0 Å². The van der Waals surface area contributed by atoms with E-state index in [9.17, 15) is 0 Å². The zero-order valence-corrected chi connectivity index (χ0v) is 20.9. The first-order valence-electron chi connectivity index (χ1n) is 13.0. The van der Waals surface area contributed by atoms with Crippen molar-refractivity contribution in [1.82, 2.24) is 4.90 Å². The molecule has 5 fully saturated rings. The molecule has 1 aliphatic carbocycles. The fourth-order valence-electron chi connectivity index (χ4n) is 6.69. The highest BCUT2D eigenvalue weighted by Crippen LogP contribution is 2.60. The van der Waals surface area contributed by atoms with Crippen molar-refractivity contribution in [2.45, 2.75) is 97.4 Å². The first-order valence-corrected chi connectivity index (χ1v) is 13.0. The molecular weight excluding hydrogens is 418 g/mol. The first kappa shape index (κ1) is 23.7. The molecule has 4 saturated heterocycles. The lowest BCUT2D eigenvalue weighted by Crippen LogP contribution is -2.70. The number of hydrogen-bond donors (Lipinski definition) is 0. The Balaban J connectivity index is 1.29. The summed E-state index contributed by atoms with van der Waals surface area (Å²) >= 11 is 0. The minimum absolute atomic E-state index is 0.202. The van der Waals surface area contributed by atoms with Gasteiger partial charge in [0, 0.05) is 24.8 Å². The number of benzene rings is 1. The Hall–Kier alpha value is -1.02. The van der Waals surface area contributed by atoms with E-state index in [-0.39, 0.29) is 12.2 Å². The Kier molecular flexibility index (Phi) is 6.62. The molecule has 0 N–H and O–H groups in total. The van der Waals surface area contributed by atoms with Crippen LogP contribution < -0.4 is 0 Å². The molecule has 6 heteroatoms. The van der Waals surface area contributed by atoms with Gasteiger partial charge in [-0.15, -0.1) is 0 Å². The average Bonchev–Trinajstić information content (AvgIpc) is 3.05. The van der Waals surface area contributed by atoms with Crippen molar-refractivity contribution >= 4 is 0 Å². The minimum atomic E-state index is -0.747. The van der Waals surface area contributed by atoms with E-state index in [2.05, 4.69) is 56.9 Å². The number of hydrogen-bond acceptors (Lipinski definition) is 6. The van der Waals surface area contributed by atoms with Crippen molar-refractivity contribution in [3.05, 3.63) is 35.4 Å². The summed E-state index contributed by atoms with van der Waals surface area (Å²) in [6, 6.07) is 8.77. The van der Waals surface area contributed by atoms with Crippen molar-refractivity contribution in [2.24, 2.45) is 23.7 Å². The van der Waals surface area contributed by atoms with Gasteiger partial charge in [0.15, 0.2) is 18.2 Å². The van der Waals surface area contributed by atoms with Crippen LogP contribution in [0.2, 0.25) is 0 Å². The molecule has 6 nitrogen and oxygen atoms in total. The van der Waals surface area contributed by atoms with Gasteiger partial charge in [-0.3, -0.25) is 4.90 Å². The number of ether oxygens (including phenoxy) is 3. The fraction of sp³-hybridized carbons (Fsp3) is 0.778. The number of nitrogens with zero attached hydrogens (tertiary/aromatic N) is 1. The molecule has 0 aromatic heterocycles. The molecule has 8 atom stereocenters. The summed E-state index contributed by atoms with van der Waals surface area (Å²) in [5.74, 6) is 0.699. The standard InChI is InChI=1S/C27H41NO5/c1-6-28(7-2)16-20-9-11-21(12-10-20)17-29-24-19(4)23-13-8-18(3)22-14-15-26(5)31-25(30-24)27(22,23)33-32-26/h9-12,18-19,22-25H,6-8,13-17H2,1-5H3/t18-,19-,22+,23+,24+,25-,26+,27-/m1/s1. The molecule has 33 heavy (non-hydrogen) atoms. The van der Waals surface area contributed by atoms with Gasteiger partial charge >= 0.3 is 0 Å². The maximum Gasteiger partial charge on any atom is 0.201 e. The van der Waals surface area contributed by atoms with Crippen LogP contribution in [0.3, 0.4) is 0 Å². The lowest BCUT2D eigenvalue weighted by molar-refractivity contribution is -0.577. The fourth-order valence-corrected chi connectivity index (χ4v) is 6.69. The minimum Gasteiger partial charge on any atom is -0.348 e. The molecular formula is C27H41NO5. The predicted molar refractivity (Wildman–Crippen MR) is 125 cm³/mol. The van der Waals surface area contributed by atoms with E-state index in [1.807, 2.05) is 6.92 Å². The summed E-state index contributed by atoms with van der Waals surface area (Å²) in [4.78, 5) is 14.5. The van der Waals surface area contributed by atoms with Crippen LogP contribution in [-0.2, 0) is 37.1 Å². The van der Waals surface area contributed by atoms with Crippen molar-refractivity contribution in [3.8, 4) is 0 Å². The van der Waals surface area contributed by atoms with E-state index in [1.165, 1.54) is 17.5 Å². The molecule has 0 radical (unpaired) electrons. The van der Waals surface area contributed by atoms with E-state index >= 15 is 0 Å². The van der Waals surface area contributed by atoms with E-state index in [4.69, 9.17) is 24.0 Å². The van der Waals surface area contributed by atoms with Gasteiger partial charge in [-0.05, 0) is 62.2 Å². The molecule has 1 aromatic carbocycles. The molecule has 1 saturated carbocycles. The highest BCUT2D eigenvalue weighted by molar-refractivity contribution is 5.22. The zero-order chi connectivity index (χ0) is 23.2. The summed E-state index contributed by atoms with van der Waals surface area (Å²) in [5.41, 5.74) is 1.97. The first-order chi connectivity index (χ1) is 15.9. The van der Waals surface area contributed by atoms with Crippen molar-refractivity contribution in [2.75, 3.05) is 13.1 Å². The zero-order valence-electron chi connectivity index (χ0n) is 20.9. The summed E-state index contributed by atoms with van der Waals surface area (Å²) in [6.07, 6.45) is 3.40. The maximum absolute atomic E-state index is 6.53. The van der Waals surface area contributed by atoms with Gasteiger partial charge in [-0.25, -0.2) is 9.78 Å². The van der Waals surface area contributed by atoms with Crippen LogP contribution in [0.1, 0.15) is 71.4 Å². The normalized spacial score (nSPS) is 42.2. The Morgan fingerprint density at radius 2 is 1.70 bits per heavy atom. The third-order valence-electron chi connectivity index (χ3n) is 8.83. The molecule has 1 spiro atoms. The second-order valence-electron chi connectivity index (χ2n) is 10.9. The Morgan fingerprint density at radius 3 is 2.42 bits per heavy atom. The molecule has 184 valence electrons. The smallest absolute Gasteiger partial charge is 0.201 e. The second-order valence-corrected chi connectivity index (χ2v) is 10.9. The van der Waals surface area contributed by atoms with Gasteiger partial charge in [-0.1, -0.05) is 52.0 Å². The SMILES string of the molecule is CCN(CC)Cc1ccc(CO[C@H]2O[C@@H]3O[C@]4(C)CC[C@H]5[C@H](C)CC[C@@H]([C@H]2C)[C@@]35OO4)cc1. The summed E-state index contributed by atoms with van der Waals surface area (Å²) in [6.45, 7) is 14.6. The van der Waals surface area contributed by atoms with Gasteiger partial charge in [0.1, 0.15) is 0 Å². The van der Waals surface area contributed by atoms with E-state index in [0.717, 1.165) is 38.9 Å². The van der Waals surface area contributed by atoms with Crippen LogP contribution in [0.4, 0.5) is 0 Å². The molecule has 2 bridgehead atoms. The van der Waals surface area contributed by atoms with Crippen molar-refractivity contribution < 1.29 is 24.0 Å². The van der Waals surface area contributed by atoms with Gasteiger partial charge < -0.3 is 14.2 Å². The van der Waals surface area contributed by atoms with Crippen molar-refractivity contribution in [3.63, 3.8) is 0 Å². The third kappa shape index (κ3) is 4.17. The molecule has 4 aliphatic heterocycles. The largest absolute Gasteiger partial charge is 0.348 e. The van der Waals surface area contributed by atoms with Gasteiger partial charge in [-0.2, -0.15) is 0 Å². The Morgan fingerprint density at radius 1 is 0.970 bits per heavy atom. The molecule has 0 unspecified atom stereocenters. The lowest BCUT2D eigenvalue weighted by Gasteiger charge is -2.60. The van der Waals surface area contributed by atoms with Crippen molar-refractivity contribution in [1.29, 1.82) is 0 Å². The van der Waals surface area contributed by atoms with Gasteiger partial charge in [0.25, 0.3) is 0 Å². The van der Waals surface area contributed by atoms with Crippen LogP contribution in [-0.4, -0.2) is 42.0 Å². The molecule has 6 rings (SSSR count). The molecule has 5 aliphatic rings. The molecule has 0 amide bonds. The van der Waals surface area contributed by atoms with E-state index in [1.54, 1.807) is 0 Å². The van der Waals surface area contributed by atoms with Crippen LogP contribution in [0.15, 0.2) is 24.3 Å². The van der Waals surface area contributed by atoms with Crippen LogP contribution in [0.5, 0.6) is 0 Å². The summed E-state index contributed by atoms with van der Waals surface area (Å²) < 4.78 is 19.3. The maximum atomic E-state index is 6.53. The quantitative estimate of drug-likeness (QED) is 0.519. The Bertz CT molecular complexity index is 813.